The summed E-state index contributed by atoms with van der Waals surface area (Å²) >= 11 is 0. The number of pyridine rings is 2. The van der Waals surface area contributed by atoms with Crippen LogP contribution in [0.15, 0.2) is 140 Å². The van der Waals surface area contributed by atoms with Gasteiger partial charge in [0.1, 0.15) is 0 Å². The average molecular weight is 565 g/mol. The van der Waals surface area contributed by atoms with Gasteiger partial charge in [0.2, 0.25) is 0 Å². The van der Waals surface area contributed by atoms with E-state index in [2.05, 4.69) is 134 Å². The third-order valence-corrected chi connectivity index (χ3v) is 8.85. The van der Waals surface area contributed by atoms with E-state index in [1.807, 2.05) is 36.7 Å². The average Bonchev–Trinajstić information content (AvgIpc) is 3.07. The number of hydrogen-bond acceptors (Lipinski definition) is 2. The van der Waals surface area contributed by atoms with Gasteiger partial charge in [-0.3, -0.25) is 9.97 Å². The van der Waals surface area contributed by atoms with Crippen molar-refractivity contribution in [2.75, 3.05) is 0 Å². The van der Waals surface area contributed by atoms with Crippen molar-refractivity contribution >= 4 is 32.3 Å². The number of hydrogen-bond donors (Lipinski definition) is 0. The van der Waals surface area contributed by atoms with Crippen molar-refractivity contribution in [1.82, 2.24) is 9.97 Å². The smallest absolute Gasteiger partial charge is 0.0702 e. The molecule has 0 N–H and O–H groups in total. The monoisotopic (exact) mass is 564 g/mol. The second-order valence-corrected chi connectivity index (χ2v) is 12.7. The number of nitrogens with zero attached hydrogens (tertiary/aromatic N) is 2. The Labute approximate surface area is 258 Å². The van der Waals surface area contributed by atoms with Crippen molar-refractivity contribution in [3.8, 4) is 44.8 Å². The van der Waals surface area contributed by atoms with Crippen molar-refractivity contribution in [3.05, 3.63) is 145 Å². The van der Waals surface area contributed by atoms with Gasteiger partial charge in [-0.25, -0.2) is 0 Å². The summed E-state index contributed by atoms with van der Waals surface area (Å²) in [6, 6.07) is 46.2. The van der Waals surface area contributed by atoms with E-state index in [1.54, 1.807) is 0 Å². The molecule has 0 amide bonds. The molecule has 210 valence electrons. The summed E-state index contributed by atoms with van der Waals surface area (Å²) in [6.07, 6.45) is 3.72. The highest BCUT2D eigenvalue weighted by molar-refractivity contribution is 6.28. The lowest BCUT2D eigenvalue weighted by atomic mass is 9.81. The van der Waals surface area contributed by atoms with Crippen molar-refractivity contribution in [2.45, 2.75) is 26.2 Å². The fraction of sp³-hybridized carbons (Fsp3) is 0.0952. The van der Waals surface area contributed by atoms with E-state index in [0.717, 1.165) is 22.5 Å². The van der Waals surface area contributed by atoms with E-state index in [4.69, 9.17) is 0 Å². The summed E-state index contributed by atoms with van der Waals surface area (Å²) in [6.45, 7) is 6.87. The van der Waals surface area contributed by atoms with Crippen LogP contribution in [0.5, 0.6) is 0 Å². The highest BCUT2D eigenvalue weighted by Crippen LogP contribution is 2.45. The first-order valence-corrected chi connectivity index (χ1v) is 15.2. The van der Waals surface area contributed by atoms with E-state index < -0.39 is 0 Å². The van der Waals surface area contributed by atoms with Gasteiger partial charge in [0, 0.05) is 23.5 Å². The first-order chi connectivity index (χ1) is 21.4. The van der Waals surface area contributed by atoms with Gasteiger partial charge >= 0.3 is 0 Å². The molecule has 0 radical (unpaired) electrons. The van der Waals surface area contributed by atoms with Crippen molar-refractivity contribution < 1.29 is 0 Å². The maximum atomic E-state index is 4.64. The van der Waals surface area contributed by atoms with Crippen LogP contribution in [0.2, 0.25) is 0 Å². The SMILES string of the molecule is CC(C)(C)c1cc2ccc3c(-c4cccc(-c5ccccn5)c4)cc(-c4cccc(-c5ccccn5)c4)c4ccc(c1)c2c34. The fourth-order valence-corrected chi connectivity index (χ4v) is 6.59. The van der Waals surface area contributed by atoms with E-state index in [1.165, 1.54) is 60.1 Å². The standard InChI is InChI=1S/C42H32N2/c1-42(2,3)33-24-31-16-18-34-36(27-10-8-12-29(22-27)38-14-4-6-20-43-38)26-37(35-19-17-32(25-33)40(31)41(34)35)28-11-9-13-30(23-28)39-15-5-7-21-44-39/h4-26H,1-3H3. The largest absolute Gasteiger partial charge is 0.256 e. The van der Waals surface area contributed by atoms with Gasteiger partial charge in [-0.1, -0.05) is 106 Å². The highest BCUT2D eigenvalue weighted by atomic mass is 14.7. The second-order valence-electron chi connectivity index (χ2n) is 12.7. The van der Waals surface area contributed by atoms with Crippen LogP contribution >= 0.6 is 0 Å². The summed E-state index contributed by atoms with van der Waals surface area (Å²) in [7, 11) is 0. The quantitative estimate of drug-likeness (QED) is 0.199. The van der Waals surface area contributed by atoms with Gasteiger partial charge in [-0.15, -0.1) is 0 Å². The van der Waals surface area contributed by atoms with Gasteiger partial charge in [0.05, 0.1) is 11.4 Å². The third kappa shape index (κ3) is 4.42. The Bertz CT molecular complexity index is 2140. The molecule has 2 nitrogen and oxygen atoms in total. The molecule has 0 saturated carbocycles. The minimum atomic E-state index is 0.0681. The molecule has 44 heavy (non-hydrogen) atoms. The van der Waals surface area contributed by atoms with Crippen LogP contribution in [-0.4, -0.2) is 9.97 Å². The Hall–Kier alpha value is -5.34. The first-order valence-electron chi connectivity index (χ1n) is 15.2. The molecule has 2 aromatic heterocycles. The molecule has 0 aliphatic rings. The molecule has 0 unspecified atom stereocenters. The number of rotatable bonds is 4. The molecule has 0 aliphatic heterocycles. The molecule has 0 spiro atoms. The van der Waals surface area contributed by atoms with Crippen molar-refractivity contribution in [3.63, 3.8) is 0 Å². The lowest BCUT2D eigenvalue weighted by molar-refractivity contribution is 0.591. The Morgan fingerprint density at radius 2 is 0.932 bits per heavy atom. The van der Waals surface area contributed by atoms with Crippen LogP contribution in [0.1, 0.15) is 26.3 Å². The normalized spacial score (nSPS) is 12.0. The zero-order chi connectivity index (χ0) is 29.8. The molecule has 2 heterocycles. The molecule has 0 saturated heterocycles. The predicted octanol–water partition coefficient (Wildman–Crippen LogP) is 11.3. The molecule has 8 aromatic rings. The van der Waals surface area contributed by atoms with Crippen LogP contribution in [0.3, 0.4) is 0 Å². The van der Waals surface area contributed by atoms with E-state index in [0.29, 0.717) is 0 Å². The molecular formula is C42H32N2. The maximum absolute atomic E-state index is 4.64. The summed E-state index contributed by atoms with van der Waals surface area (Å²) in [5, 5.41) is 7.77. The highest BCUT2D eigenvalue weighted by Gasteiger charge is 2.20. The Morgan fingerprint density at radius 1 is 0.432 bits per heavy atom. The molecule has 0 bridgehead atoms. The minimum Gasteiger partial charge on any atom is -0.256 e. The number of aromatic nitrogens is 2. The van der Waals surface area contributed by atoms with E-state index in [9.17, 15) is 0 Å². The zero-order valence-corrected chi connectivity index (χ0v) is 25.2. The molecule has 6 aromatic carbocycles. The molecule has 0 atom stereocenters. The predicted molar refractivity (Wildman–Crippen MR) is 186 cm³/mol. The molecule has 8 rings (SSSR count). The molecule has 0 aliphatic carbocycles. The van der Waals surface area contributed by atoms with E-state index >= 15 is 0 Å². The van der Waals surface area contributed by atoms with Crippen LogP contribution in [0, 0.1) is 0 Å². The van der Waals surface area contributed by atoms with Gasteiger partial charge in [-0.2, -0.15) is 0 Å². The minimum absolute atomic E-state index is 0.0681. The molecule has 0 fully saturated rings. The summed E-state index contributed by atoms with van der Waals surface area (Å²) < 4.78 is 0. The van der Waals surface area contributed by atoms with Crippen molar-refractivity contribution in [1.29, 1.82) is 0 Å². The van der Waals surface area contributed by atoms with Gasteiger partial charge < -0.3 is 0 Å². The Balaban J connectivity index is 1.44. The van der Waals surface area contributed by atoms with Gasteiger partial charge in [0.25, 0.3) is 0 Å². The second kappa shape index (κ2) is 10.1. The van der Waals surface area contributed by atoms with Crippen LogP contribution in [0.25, 0.3) is 77.1 Å². The summed E-state index contributed by atoms with van der Waals surface area (Å²) in [5.41, 5.74) is 10.4. The lowest BCUT2D eigenvalue weighted by Crippen LogP contribution is -2.10. The first kappa shape index (κ1) is 26.3. The number of benzene rings is 6. The van der Waals surface area contributed by atoms with Crippen molar-refractivity contribution in [2.24, 2.45) is 0 Å². The lowest BCUT2D eigenvalue weighted by Gasteiger charge is -2.23. The Morgan fingerprint density at radius 3 is 1.39 bits per heavy atom. The maximum Gasteiger partial charge on any atom is 0.0702 e. The van der Waals surface area contributed by atoms with Crippen LogP contribution < -0.4 is 0 Å². The zero-order valence-electron chi connectivity index (χ0n) is 25.2. The van der Waals surface area contributed by atoms with Crippen LogP contribution in [0.4, 0.5) is 0 Å². The molecular weight excluding hydrogens is 532 g/mol. The van der Waals surface area contributed by atoms with Gasteiger partial charge in [0.15, 0.2) is 0 Å². The topological polar surface area (TPSA) is 25.8 Å². The fourth-order valence-electron chi connectivity index (χ4n) is 6.59. The molecule has 2 heteroatoms. The van der Waals surface area contributed by atoms with Crippen LogP contribution in [-0.2, 0) is 5.41 Å². The summed E-state index contributed by atoms with van der Waals surface area (Å²) in [5.74, 6) is 0. The Kier molecular flexibility index (Phi) is 6.06. The summed E-state index contributed by atoms with van der Waals surface area (Å²) in [4.78, 5) is 9.28. The third-order valence-electron chi connectivity index (χ3n) is 8.85. The van der Waals surface area contributed by atoms with E-state index in [-0.39, 0.29) is 5.41 Å². The van der Waals surface area contributed by atoms with Gasteiger partial charge in [-0.05, 0) is 108 Å².